The van der Waals surface area contributed by atoms with Crippen LogP contribution < -0.4 is 0 Å². The van der Waals surface area contributed by atoms with E-state index in [-0.39, 0.29) is 10.7 Å². The molecule has 1 aliphatic rings. The number of nitrogens with zero attached hydrogens (tertiary/aromatic N) is 2. The molecule has 0 bridgehead atoms. The number of alkyl halides is 1. The van der Waals surface area contributed by atoms with Crippen molar-refractivity contribution in [3.8, 4) is 0 Å². The quantitative estimate of drug-likeness (QED) is 0.769. The Hall–Kier alpha value is -0.900. The van der Waals surface area contributed by atoms with Crippen molar-refractivity contribution < 1.29 is 4.79 Å². The van der Waals surface area contributed by atoms with E-state index in [1.165, 1.54) is 0 Å². The van der Waals surface area contributed by atoms with E-state index in [1.54, 1.807) is 12.4 Å². The van der Waals surface area contributed by atoms with Crippen molar-refractivity contribution in [2.45, 2.75) is 24.2 Å². The first-order valence-electron chi connectivity index (χ1n) is 5.09. The number of halogens is 1. The number of likely N-dealkylation sites (tertiary alicyclic amines) is 1. The molecular weight excluding hydrogens is 256 g/mol. The number of carbonyl (C=O) groups is 1. The number of amides is 1. The molecule has 1 amide bonds. The molecule has 1 fully saturated rings. The van der Waals surface area contributed by atoms with Crippen LogP contribution in [-0.2, 0) is 11.3 Å². The zero-order valence-corrected chi connectivity index (χ0v) is 9.98. The van der Waals surface area contributed by atoms with Crippen molar-refractivity contribution in [2.75, 3.05) is 6.54 Å². The Morgan fingerprint density at radius 1 is 1.47 bits per heavy atom. The molecule has 2 rings (SSSR count). The van der Waals surface area contributed by atoms with Gasteiger partial charge in [0.1, 0.15) is 0 Å². The van der Waals surface area contributed by atoms with Gasteiger partial charge in [-0.25, -0.2) is 0 Å². The lowest BCUT2D eigenvalue weighted by Gasteiger charge is -2.29. The van der Waals surface area contributed by atoms with Crippen molar-refractivity contribution in [1.29, 1.82) is 0 Å². The van der Waals surface area contributed by atoms with E-state index in [9.17, 15) is 4.79 Å². The Morgan fingerprint density at radius 3 is 2.93 bits per heavy atom. The lowest BCUT2D eigenvalue weighted by molar-refractivity contribution is -0.133. The summed E-state index contributed by atoms with van der Waals surface area (Å²) in [6.07, 6.45) is 5.54. The van der Waals surface area contributed by atoms with Crippen LogP contribution in [0.25, 0.3) is 0 Å². The Kier molecular flexibility index (Phi) is 3.36. The summed E-state index contributed by atoms with van der Waals surface area (Å²) in [5, 5.41) is 0. The van der Waals surface area contributed by atoms with E-state index in [2.05, 4.69) is 20.9 Å². The maximum atomic E-state index is 11.8. The smallest absolute Gasteiger partial charge is 0.236 e. The van der Waals surface area contributed by atoms with Crippen molar-refractivity contribution in [3.63, 3.8) is 0 Å². The summed E-state index contributed by atoms with van der Waals surface area (Å²) < 4.78 is 0. The predicted molar refractivity (Wildman–Crippen MR) is 61.6 cm³/mol. The molecule has 3 nitrogen and oxygen atoms in total. The van der Waals surface area contributed by atoms with Crippen molar-refractivity contribution in [3.05, 3.63) is 30.1 Å². The average molecular weight is 269 g/mol. The molecule has 1 aromatic rings. The molecule has 1 atom stereocenters. The number of piperidine rings is 1. The average Bonchev–Trinajstić information content (AvgIpc) is 2.26. The number of aromatic nitrogens is 1. The van der Waals surface area contributed by atoms with Gasteiger partial charge in [0.05, 0.1) is 4.83 Å². The van der Waals surface area contributed by atoms with Crippen LogP contribution in [0, 0.1) is 0 Å². The molecule has 4 heteroatoms. The molecule has 1 saturated heterocycles. The monoisotopic (exact) mass is 268 g/mol. The van der Waals surface area contributed by atoms with E-state index in [0.29, 0.717) is 6.54 Å². The topological polar surface area (TPSA) is 33.2 Å². The molecule has 80 valence electrons. The SMILES string of the molecule is O=C1C(Br)CCCN1Cc1ccncc1. The lowest BCUT2D eigenvalue weighted by Crippen LogP contribution is -2.41. The van der Waals surface area contributed by atoms with E-state index in [0.717, 1.165) is 24.9 Å². The second-order valence-electron chi connectivity index (χ2n) is 3.73. The summed E-state index contributed by atoms with van der Waals surface area (Å²) in [6.45, 7) is 1.56. The number of pyridine rings is 1. The molecule has 0 aliphatic carbocycles. The van der Waals surface area contributed by atoms with Gasteiger partial charge in [-0.1, -0.05) is 15.9 Å². The van der Waals surface area contributed by atoms with E-state index in [1.807, 2.05) is 17.0 Å². The molecule has 1 aromatic heterocycles. The van der Waals surface area contributed by atoms with E-state index < -0.39 is 0 Å². The summed E-state index contributed by atoms with van der Waals surface area (Å²) in [5.74, 6) is 0.207. The fourth-order valence-electron chi connectivity index (χ4n) is 1.76. The fraction of sp³-hybridized carbons (Fsp3) is 0.455. The Bertz CT molecular complexity index is 342. The summed E-state index contributed by atoms with van der Waals surface area (Å²) in [6, 6.07) is 3.90. The van der Waals surface area contributed by atoms with Crippen molar-refractivity contribution in [1.82, 2.24) is 9.88 Å². The fourth-order valence-corrected chi connectivity index (χ4v) is 2.37. The first kappa shape index (κ1) is 10.6. The van der Waals surface area contributed by atoms with Crippen LogP contribution in [0.5, 0.6) is 0 Å². The maximum absolute atomic E-state index is 11.8. The van der Waals surface area contributed by atoms with Crippen LogP contribution in [0.1, 0.15) is 18.4 Å². The van der Waals surface area contributed by atoms with Gasteiger partial charge in [0.2, 0.25) is 5.91 Å². The summed E-state index contributed by atoms with van der Waals surface area (Å²) in [7, 11) is 0. The Balaban J connectivity index is 2.03. The third-order valence-corrected chi connectivity index (χ3v) is 3.44. The summed E-state index contributed by atoms with van der Waals surface area (Å²) in [5.41, 5.74) is 1.14. The Morgan fingerprint density at radius 2 is 2.20 bits per heavy atom. The van der Waals surface area contributed by atoms with Gasteiger partial charge in [-0.2, -0.15) is 0 Å². The molecule has 0 N–H and O–H groups in total. The van der Waals surface area contributed by atoms with E-state index >= 15 is 0 Å². The third-order valence-electron chi connectivity index (χ3n) is 2.59. The van der Waals surface area contributed by atoms with Gasteiger partial charge in [0, 0.05) is 25.5 Å². The minimum absolute atomic E-state index is 0.00749. The van der Waals surface area contributed by atoms with Gasteiger partial charge < -0.3 is 4.90 Å². The second-order valence-corrected chi connectivity index (χ2v) is 4.83. The van der Waals surface area contributed by atoms with Gasteiger partial charge >= 0.3 is 0 Å². The number of carbonyl (C=O) groups excluding carboxylic acids is 1. The molecule has 1 aliphatic heterocycles. The molecule has 15 heavy (non-hydrogen) atoms. The molecule has 2 heterocycles. The molecule has 0 saturated carbocycles. The van der Waals surface area contributed by atoms with Crippen LogP contribution >= 0.6 is 15.9 Å². The highest BCUT2D eigenvalue weighted by Crippen LogP contribution is 2.19. The highest BCUT2D eigenvalue weighted by molar-refractivity contribution is 9.10. The maximum Gasteiger partial charge on any atom is 0.236 e. The standard InChI is InChI=1S/C11H13BrN2O/c12-10-2-1-7-14(11(10)15)8-9-3-5-13-6-4-9/h3-6,10H,1-2,7-8H2. The molecule has 1 unspecified atom stereocenters. The van der Waals surface area contributed by atoms with Gasteiger partial charge in [-0.3, -0.25) is 9.78 Å². The molecule has 0 radical (unpaired) electrons. The first-order chi connectivity index (χ1) is 7.27. The van der Waals surface area contributed by atoms with Gasteiger partial charge in [0.15, 0.2) is 0 Å². The lowest BCUT2D eigenvalue weighted by atomic mass is 10.1. The largest absolute Gasteiger partial charge is 0.337 e. The number of rotatable bonds is 2. The predicted octanol–water partition coefficient (Wildman–Crippen LogP) is 1.97. The van der Waals surface area contributed by atoms with Crippen LogP contribution in [-0.4, -0.2) is 27.2 Å². The highest BCUT2D eigenvalue weighted by atomic mass is 79.9. The molecule has 0 aromatic carbocycles. The summed E-state index contributed by atoms with van der Waals surface area (Å²) >= 11 is 3.40. The van der Waals surface area contributed by atoms with Gasteiger partial charge in [-0.05, 0) is 30.5 Å². The second kappa shape index (κ2) is 4.75. The number of hydrogen-bond acceptors (Lipinski definition) is 2. The minimum Gasteiger partial charge on any atom is -0.337 e. The van der Waals surface area contributed by atoms with Crippen molar-refractivity contribution in [2.24, 2.45) is 0 Å². The minimum atomic E-state index is 0.00749. The normalized spacial score (nSPS) is 21.8. The van der Waals surface area contributed by atoms with Gasteiger partial charge in [-0.15, -0.1) is 0 Å². The molecule has 0 spiro atoms. The van der Waals surface area contributed by atoms with Crippen LogP contribution in [0.15, 0.2) is 24.5 Å². The van der Waals surface area contributed by atoms with Crippen molar-refractivity contribution >= 4 is 21.8 Å². The molecular formula is C11H13BrN2O. The zero-order valence-electron chi connectivity index (χ0n) is 8.40. The Labute approximate surface area is 97.6 Å². The third kappa shape index (κ3) is 2.56. The number of hydrogen-bond donors (Lipinski definition) is 0. The van der Waals surface area contributed by atoms with Crippen LogP contribution in [0.3, 0.4) is 0 Å². The zero-order chi connectivity index (χ0) is 10.7. The van der Waals surface area contributed by atoms with Crippen LogP contribution in [0.4, 0.5) is 0 Å². The summed E-state index contributed by atoms with van der Waals surface area (Å²) in [4.78, 5) is 17.7. The highest BCUT2D eigenvalue weighted by Gasteiger charge is 2.26. The first-order valence-corrected chi connectivity index (χ1v) is 6.00. The van der Waals surface area contributed by atoms with E-state index in [4.69, 9.17) is 0 Å². The van der Waals surface area contributed by atoms with Gasteiger partial charge in [0.25, 0.3) is 0 Å². The van der Waals surface area contributed by atoms with Crippen LogP contribution in [0.2, 0.25) is 0 Å².